The first-order chi connectivity index (χ1) is 17.4. The fraction of sp³-hybridized carbons (Fsp3) is 0.154. The maximum absolute atomic E-state index is 12.5. The van der Waals surface area contributed by atoms with E-state index in [0.29, 0.717) is 34.9 Å². The highest BCUT2D eigenvalue weighted by Gasteiger charge is 2.16. The third kappa shape index (κ3) is 6.83. The number of nitrogens with one attached hydrogen (secondary N) is 2. The number of para-hydroxylation sites is 2. The summed E-state index contributed by atoms with van der Waals surface area (Å²) in [7, 11) is 2.88. The number of hydrogen-bond donors (Lipinski definition) is 2. The molecule has 0 radical (unpaired) electrons. The van der Waals surface area contributed by atoms with E-state index in [4.69, 9.17) is 18.9 Å². The van der Waals surface area contributed by atoms with Gasteiger partial charge in [-0.2, -0.15) is 5.10 Å². The van der Waals surface area contributed by atoms with E-state index < -0.39 is 17.8 Å². The maximum atomic E-state index is 12.5. The molecule has 0 fully saturated rings. The fourth-order valence-electron chi connectivity index (χ4n) is 3.00. The van der Waals surface area contributed by atoms with Crippen molar-refractivity contribution in [2.45, 2.75) is 6.92 Å². The van der Waals surface area contributed by atoms with Gasteiger partial charge in [-0.05, 0) is 67.1 Å². The summed E-state index contributed by atoms with van der Waals surface area (Å²) in [6, 6.07) is 18.0. The first kappa shape index (κ1) is 25.8. The van der Waals surface area contributed by atoms with E-state index in [1.807, 2.05) is 6.92 Å². The minimum atomic E-state index is -0.968. The molecule has 0 aliphatic carbocycles. The Morgan fingerprint density at radius 3 is 2.28 bits per heavy atom. The zero-order chi connectivity index (χ0) is 25.9. The Hall–Kier alpha value is -4.86. The van der Waals surface area contributed by atoms with Crippen LogP contribution in [-0.2, 0) is 9.59 Å². The summed E-state index contributed by atoms with van der Waals surface area (Å²) in [6.45, 7) is 2.40. The number of carbonyl (C=O) groups is 3. The molecule has 36 heavy (non-hydrogen) atoms. The van der Waals surface area contributed by atoms with Gasteiger partial charge in [-0.25, -0.2) is 10.2 Å². The molecule has 3 aromatic carbocycles. The Labute approximate surface area is 207 Å². The molecule has 0 saturated heterocycles. The van der Waals surface area contributed by atoms with Crippen LogP contribution in [0, 0.1) is 0 Å². The largest absolute Gasteiger partial charge is 0.495 e. The van der Waals surface area contributed by atoms with Gasteiger partial charge in [0, 0.05) is 0 Å². The summed E-state index contributed by atoms with van der Waals surface area (Å²) in [4.78, 5) is 36.7. The zero-order valence-electron chi connectivity index (χ0n) is 19.9. The lowest BCUT2D eigenvalue weighted by atomic mass is 10.2. The van der Waals surface area contributed by atoms with Crippen LogP contribution in [0.25, 0.3) is 0 Å². The Balaban J connectivity index is 1.60. The molecule has 0 unspecified atom stereocenters. The van der Waals surface area contributed by atoms with E-state index in [1.165, 1.54) is 26.5 Å². The number of hydrogen-bond acceptors (Lipinski definition) is 8. The van der Waals surface area contributed by atoms with Crippen LogP contribution in [0.1, 0.15) is 22.8 Å². The summed E-state index contributed by atoms with van der Waals surface area (Å²) < 4.78 is 21.3. The summed E-state index contributed by atoms with van der Waals surface area (Å²) in [6.07, 6.45) is 1.31. The summed E-state index contributed by atoms with van der Waals surface area (Å²) in [5, 5.41) is 6.24. The van der Waals surface area contributed by atoms with Crippen molar-refractivity contribution in [3.63, 3.8) is 0 Å². The first-order valence-corrected chi connectivity index (χ1v) is 10.9. The van der Waals surface area contributed by atoms with Crippen molar-refractivity contribution in [2.24, 2.45) is 5.10 Å². The molecule has 0 heterocycles. The standard InChI is InChI=1S/C26H25N3O7/c1-4-35-19-12-10-18(11-13-19)26(32)36-22-14-9-17(15-23(22)34-3)16-27-29-25(31)24(30)28-20-7-5-6-8-21(20)33-2/h5-16H,4H2,1-3H3,(H,28,30)(H,29,31)/b27-16-. The van der Waals surface area contributed by atoms with Crippen LogP contribution in [-0.4, -0.2) is 44.8 Å². The maximum Gasteiger partial charge on any atom is 0.343 e. The van der Waals surface area contributed by atoms with E-state index in [9.17, 15) is 14.4 Å². The number of benzene rings is 3. The Kier molecular flexibility index (Phi) is 8.99. The van der Waals surface area contributed by atoms with Crippen LogP contribution in [0.2, 0.25) is 0 Å². The molecule has 0 saturated carbocycles. The number of rotatable bonds is 9. The summed E-state index contributed by atoms with van der Waals surface area (Å²) in [5.74, 6) is -0.897. The van der Waals surface area contributed by atoms with Gasteiger partial charge >= 0.3 is 17.8 Å². The van der Waals surface area contributed by atoms with Crippen LogP contribution in [0.4, 0.5) is 5.69 Å². The monoisotopic (exact) mass is 491 g/mol. The highest BCUT2D eigenvalue weighted by molar-refractivity contribution is 6.39. The Bertz CT molecular complexity index is 1260. The van der Waals surface area contributed by atoms with Crippen molar-refractivity contribution in [2.75, 3.05) is 26.1 Å². The number of amides is 2. The van der Waals surface area contributed by atoms with Gasteiger partial charge in [0.2, 0.25) is 0 Å². The minimum Gasteiger partial charge on any atom is -0.495 e. The molecule has 10 heteroatoms. The number of anilines is 1. The molecule has 0 bridgehead atoms. The quantitative estimate of drug-likeness (QED) is 0.155. The van der Waals surface area contributed by atoms with E-state index in [-0.39, 0.29) is 11.5 Å². The van der Waals surface area contributed by atoms with E-state index in [2.05, 4.69) is 15.8 Å². The second-order valence-corrected chi connectivity index (χ2v) is 7.11. The van der Waals surface area contributed by atoms with Gasteiger partial charge in [0.05, 0.1) is 38.3 Å². The SMILES string of the molecule is CCOc1ccc(C(=O)Oc2ccc(/C=N\NC(=O)C(=O)Nc3ccccc3OC)cc2OC)cc1. The number of methoxy groups -OCH3 is 2. The smallest absolute Gasteiger partial charge is 0.343 e. The molecule has 186 valence electrons. The van der Waals surface area contributed by atoms with E-state index in [0.717, 1.165) is 0 Å². The van der Waals surface area contributed by atoms with Crippen molar-refractivity contribution in [3.8, 4) is 23.0 Å². The lowest BCUT2D eigenvalue weighted by Crippen LogP contribution is -2.32. The topological polar surface area (TPSA) is 125 Å². The molecule has 0 atom stereocenters. The minimum absolute atomic E-state index is 0.203. The highest BCUT2D eigenvalue weighted by atomic mass is 16.6. The fourth-order valence-corrected chi connectivity index (χ4v) is 3.00. The van der Waals surface area contributed by atoms with Crippen molar-refractivity contribution in [1.29, 1.82) is 0 Å². The zero-order valence-corrected chi connectivity index (χ0v) is 19.9. The third-order valence-corrected chi connectivity index (χ3v) is 4.73. The number of ether oxygens (including phenoxy) is 4. The van der Waals surface area contributed by atoms with Gasteiger partial charge in [0.15, 0.2) is 11.5 Å². The first-order valence-electron chi connectivity index (χ1n) is 10.9. The molecule has 3 rings (SSSR count). The molecular weight excluding hydrogens is 466 g/mol. The van der Waals surface area contributed by atoms with Crippen LogP contribution < -0.4 is 29.7 Å². The Morgan fingerprint density at radius 2 is 1.58 bits per heavy atom. The number of hydrazone groups is 1. The van der Waals surface area contributed by atoms with Gasteiger partial charge < -0.3 is 24.3 Å². The van der Waals surface area contributed by atoms with Crippen molar-refractivity contribution in [1.82, 2.24) is 5.43 Å². The molecule has 2 amide bonds. The highest BCUT2D eigenvalue weighted by Crippen LogP contribution is 2.28. The second-order valence-electron chi connectivity index (χ2n) is 7.11. The molecule has 0 aliphatic rings. The predicted molar refractivity (Wildman–Crippen MR) is 133 cm³/mol. The van der Waals surface area contributed by atoms with Crippen LogP contribution in [0.5, 0.6) is 23.0 Å². The molecule has 10 nitrogen and oxygen atoms in total. The van der Waals surface area contributed by atoms with Crippen molar-refractivity contribution >= 4 is 29.7 Å². The van der Waals surface area contributed by atoms with Crippen LogP contribution in [0.3, 0.4) is 0 Å². The lowest BCUT2D eigenvalue weighted by molar-refractivity contribution is -0.136. The van der Waals surface area contributed by atoms with Crippen LogP contribution in [0.15, 0.2) is 71.8 Å². The van der Waals surface area contributed by atoms with Gasteiger partial charge in [0.25, 0.3) is 0 Å². The van der Waals surface area contributed by atoms with Crippen molar-refractivity contribution in [3.05, 3.63) is 77.9 Å². The second kappa shape index (κ2) is 12.6. The van der Waals surface area contributed by atoms with Crippen molar-refractivity contribution < 1.29 is 33.3 Å². The van der Waals surface area contributed by atoms with Gasteiger partial charge in [-0.15, -0.1) is 0 Å². The van der Waals surface area contributed by atoms with E-state index in [1.54, 1.807) is 60.7 Å². The molecule has 0 aromatic heterocycles. The molecule has 2 N–H and O–H groups in total. The number of nitrogens with zero attached hydrogens (tertiary/aromatic N) is 1. The van der Waals surface area contributed by atoms with Gasteiger partial charge in [0.1, 0.15) is 11.5 Å². The van der Waals surface area contributed by atoms with Crippen LogP contribution >= 0.6 is 0 Å². The average Bonchev–Trinajstić information content (AvgIpc) is 2.90. The molecule has 3 aromatic rings. The normalized spacial score (nSPS) is 10.4. The molecule has 0 spiro atoms. The predicted octanol–water partition coefficient (Wildman–Crippen LogP) is 3.41. The number of carbonyl (C=O) groups excluding carboxylic acids is 3. The molecular formula is C26H25N3O7. The Morgan fingerprint density at radius 1 is 0.861 bits per heavy atom. The summed E-state index contributed by atoms with van der Waals surface area (Å²) in [5.41, 5.74) is 3.37. The third-order valence-electron chi connectivity index (χ3n) is 4.73. The van der Waals surface area contributed by atoms with Gasteiger partial charge in [-0.3, -0.25) is 9.59 Å². The lowest BCUT2D eigenvalue weighted by Gasteiger charge is -2.10. The number of esters is 1. The molecule has 0 aliphatic heterocycles. The average molecular weight is 492 g/mol. The summed E-state index contributed by atoms with van der Waals surface area (Å²) >= 11 is 0. The van der Waals surface area contributed by atoms with Gasteiger partial charge in [-0.1, -0.05) is 12.1 Å². The van der Waals surface area contributed by atoms with E-state index >= 15 is 0 Å².